The highest BCUT2D eigenvalue weighted by Gasteiger charge is 2.35. The molecule has 1 atom stereocenters. The number of nitrogens with zero attached hydrogens (tertiary/aromatic N) is 3. The number of rotatable bonds is 2. The van der Waals surface area contributed by atoms with E-state index < -0.39 is 12.0 Å². The van der Waals surface area contributed by atoms with Crippen LogP contribution in [-0.2, 0) is 17.8 Å². The van der Waals surface area contributed by atoms with E-state index in [0.717, 1.165) is 11.1 Å². The van der Waals surface area contributed by atoms with E-state index >= 15 is 0 Å². The van der Waals surface area contributed by atoms with E-state index in [2.05, 4.69) is 15.4 Å². The summed E-state index contributed by atoms with van der Waals surface area (Å²) in [6.45, 7) is 0.281. The van der Waals surface area contributed by atoms with Crippen molar-refractivity contribution in [1.29, 1.82) is 0 Å². The largest absolute Gasteiger partial charge is 0.480 e. The van der Waals surface area contributed by atoms with E-state index in [9.17, 15) is 14.7 Å². The van der Waals surface area contributed by atoms with Gasteiger partial charge in [0.05, 0.1) is 0 Å². The molecule has 0 spiro atoms. The molecule has 7 heteroatoms. The van der Waals surface area contributed by atoms with Crippen LogP contribution in [-0.4, -0.2) is 43.3 Å². The average molecular weight is 322 g/mol. The molecule has 0 aliphatic carbocycles. The first-order valence-electron chi connectivity index (χ1n) is 7.54. The van der Waals surface area contributed by atoms with Gasteiger partial charge < -0.3 is 10.0 Å². The van der Waals surface area contributed by atoms with Crippen molar-refractivity contribution >= 4 is 22.9 Å². The lowest BCUT2D eigenvalue weighted by Gasteiger charge is -2.34. The summed E-state index contributed by atoms with van der Waals surface area (Å²) < 4.78 is 0. The van der Waals surface area contributed by atoms with Crippen LogP contribution in [0.15, 0.2) is 42.5 Å². The number of hydrogen-bond donors (Lipinski definition) is 2. The number of benzene rings is 2. The second-order valence-corrected chi connectivity index (χ2v) is 5.79. The van der Waals surface area contributed by atoms with Crippen molar-refractivity contribution in [1.82, 2.24) is 20.3 Å². The molecule has 1 aliphatic rings. The van der Waals surface area contributed by atoms with Crippen LogP contribution >= 0.6 is 0 Å². The molecule has 0 saturated carbocycles. The lowest BCUT2D eigenvalue weighted by atomic mass is 9.93. The van der Waals surface area contributed by atoms with Crippen molar-refractivity contribution in [2.24, 2.45) is 0 Å². The Bertz CT molecular complexity index is 950. The first-order chi connectivity index (χ1) is 11.6. The third-order valence-electron chi connectivity index (χ3n) is 4.36. The molecule has 24 heavy (non-hydrogen) atoms. The lowest BCUT2D eigenvalue weighted by molar-refractivity contribution is -0.142. The molecule has 1 unspecified atom stereocenters. The van der Waals surface area contributed by atoms with Crippen molar-refractivity contribution in [2.75, 3.05) is 0 Å². The Balaban J connectivity index is 1.72. The molecule has 0 saturated heterocycles. The summed E-state index contributed by atoms with van der Waals surface area (Å²) in [6, 6.07) is 11.7. The predicted molar refractivity (Wildman–Crippen MR) is 85.3 cm³/mol. The minimum absolute atomic E-state index is 0.281. The van der Waals surface area contributed by atoms with E-state index in [4.69, 9.17) is 0 Å². The molecule has 1 aromatic heterocycles. The molecule has 1 aliphatic heterocycles. The van der Waals surface area contributed by atoms with Crippen LogP contribution in [0.2, 0.25) is 0 Å². The third-order valence-corrected chi connectivity index (χ3v) is 4.36. The maximum absolute atomic E-state index is 12.9. The monoisotopic (exact) mass is 322 g/mol. The van der Waals surface area contributed by atoms with Gasteiger partial charge in [0.1, 0.15) is 17.1 Å². The number of amides is 1. The highest BCUT2D eigenvalue weighted by molar-refractivity contribution is 5.99. The topological polar surface area (TPSA) is 99.2 Å². The van der Waals surface area contributed by atoms with E-state index in [1.165, 1.54) is 4.90 Å². The van der Waals surface area contributed by atoms with Gasteiger partial charge in [0.2, 0.25) is 0 Å². The van der Waals surface area contributed by atoms with Crippen LogP contribution < -0.4 is 0 Å². The summed E-state index contributed by atoms with van der Waals surface area (Å²) in [4.78, 5) is 26.0. The van der Waals surface area contributed by atoms with Gasteiger partial charge >= 0.3 is 5.97 Å². The molecule has 0 radical (unpaired) electrons. The normalized spacial score (nSPS) is 16.8. The van der Waals surface area contributed by atoms with E-state index in [-0.39, 0.29) is 12.5 Å². The molecule has 2 N–H and O–H groups in total. The van der Waals surface area contributed by atoms with E-state index in [1.807, 2.05) is 24.3 Å². The minimum Gasteiger partial charge on any atom is -0.480 e. The van der Waals surface area contributed by atoms with Crippen molar-refractivity contribution in [3.8, 4) is 0 Å². The first kappa shape index (κ1) is 14.4. The molecule has 0 bridgehead atoms. The Morgan fingerprint density at radius 1 is 1.08 bits per heavy atom. The summed E-state index contributed by atoms with van der Waals surface area (Å²) in [5.74, 6) is -1.32. The standard InChI is InChI=1S/C17H14N4O3/c22-16(11-5-6-13-14(7-11)19-20-18-13)21-9-12-4-2-1-3-10(12)8-15(21)17(23)24/h1-7,15H,8-9H2,(H,23,24)(H,18,19,20). The minimum atomic E-state index is -1.000. The maximum Gasteiger partial charge on any atom is 0.326 e. The number of carbonyl (C=O) groups is 2. The Kier molecular flexibility index (Phi) is 3.26. The molecule has 1 amide bonds. The van der Waals surface area contributed by atoms with Crippen molar-refractivity contribution in [3.63, 3.8) is 0 Å². The van der Waals surface area contributed by atoms with Crippen LogP contribution in [0.3, 0.4) is 0 Å². The maximum atomic E-state index is 12.9. The number of carbonyl (C=O) groups excluding carboxylic acids is 1. The molecule has 2 heterocycles. The average Bonchev–Trinajstić information content (AvgIpc) is 3.07. The summed E-state index contributed by atoms with van der Waals surface area (Å²) in [5.41, 5.74) is 3.59. The molecule has 0 fully saturated rings. The smallest absolute Gasteiger partial charge is 0.326 e. The molecule has 4 rings (SSSR count). The second kappa shape index (κ2) is 5.45. The SMILES string of the molecule is O=C(O)C1Cc2ccccc2CN1C(=O)c1ccc2n[nH]nc2c1. The first-order valence-corrected chi connectivity index (χ1v) is 7.54. The molecular weight excluding hydrogens is 308 g/mol. The lowest BCUT2D eigenvalue weighted by Crippen LogP contribution is -2.48. The van der Waals surface area contributed by atoms with Crippen LogP contribution in [0, 0.1) is 0 Å². The fourth-order valence-electron chi connectivity index (χ4n) is 3.10. The van der Waals surface area contributed by atoms with Gasteiger partial charge in [-0.15, -0.1) is 0 Å². The highest BCUT2D eigenvalue weighted by atomic mass is 16.4. The van der Waals surface area contributed by atoms with Crippen LogP contribution in [0.25, 0.3) is 11.0 Å². The molecule has 3 aromatic rings. The van der Waals surface area contributed by atoms with Crippen LogP contribution in [0.5, 0.6) is 0 Å². The predicted octanol–water partition coefficient (Wildman–Crippen LogP) is 1.61. The van der Waals surface area contributed by atoms with Gasteiger partial charge in [0, 0.05) is 18.5 Å². The van der Waals surface area contributed by atoms with Gasteiger partial charge in [0.25, 0.3) is 5.91 Å². The Morgan fingerprint density at radius 3 is 2.62 bits per heavy atom. The van der Waals surface area contributed by atoms with Crippen LogP contribution in [0.4, 0.5) is 0 Å². The number of hydrogen-bond acceptors (Lipinski definition) is 4. The Labute approximate surface area is 136 Å². The number of carboxylic acid groups (broad SMARTS) is 1. The zero-order chi connectivity index (χ0) is 16.7. The molecule has 120 valence electrons. The number of aromatic amines is 1. The summed E-state index contributed by atoms with van der Waals surface area (Å²) in [5, 5.41) is 20.0. The zero-order valence-electron chi connectivity index (χ0n) is 12.6. The van der Waals surface area contributed by atoms with Crippen molar-refractivity contribution < 1.29 is 14.7 Å². The quantitative estimate of drug-likeness (QED) is 0.747. The number of fused-ring (bicyclic) bond motifs is 2. The number of nitrogens with one attached hydrogen (secondary N) is 1. The van der Waals surface area contributed by atoms with E-state index in [0.29, 0.717) is 23.0 Å². The van der Waals surface area contributed by atoms with Gasteiger partial charge in [-0.05, 0) is 29.3 Å². The number of carboxylic acids is 1. The van der Waals surface area contributed by atoms with E-state index in [1.54, 1.807) is 18.2 Å². The second-order valence-electron chi connectivity index (χ2n) is 5.79. The third kappa shape index (κ3) is 2.30. The number of aromatic nitrogens is 3. The molecule has 7 nitrogen and oxygen atoms in total. The van der Waals surface area contributed by atoms with Gasteiger partial charge in [-0.3, -0.25) is 4.79 Å². The van der Waals surface area contributed by atoms with Gasteiger partial charge in [0.15, 0.2) is 0 Å². The summed E-state index contributed by atoms with van der Waals surface area (Å²) >= 11 is 0. The fraction of sp³-hybridized carbons (Fsp3) is 0.176. The molecular formula is C17H14N4O3. The van der Waals surface area contributed by atoms with Crippen molar-refractivity contribution in [3.05, 3.63) is 59.2 Å². The Hall–Kier alpha value is -3.22. The summed E-state index contributed by atoms with van der Waals surface area (Å²) in [6.07, 6.45) is 0.309. The fourth-order valence-corrected chi connectivity index (χ4v) is 3.10. The number of H-pyrrole nitrogens is 1. The van der Waals surface area contributed by atoms with Crippen LogP contribution in [0.1, 0.15) is 21.5 Å². The van der Waals surface area contributed by atoms with Gasteiger partial charge in [-0.25, -0.2) is 4.79 Å². The van der Waals surface area contributed by atoms with Gasteiger partial charge in [-0.1, -0.05) is 24.3 Å². The van der Waals surface area contributed by atoms with Crippen molar-refractivity contribution in [2.45, 2.75) is 19.0 Å². The van der Waals surface area contributed by atoms with Gasteiger partial charge in [-0.2, -0.15) is 15.4 Å². The summed E-state index contributed by atoms with van der Waals surface area (Å²) in [7, 11) is 0. The molecule has 2 aromatic carbocycles. The number of aliphatic carboxylic acids is 1. The Morgan fingerprint density at radius 2 is 1.83 bits per heavy atom. The zero-order valence-corrected chi connectivity index (χ0v) is 12.6. The highest BCUT2D eigenvalue weighted by Crippen LogP contribution is 2.25.